The molecule has 20 heavy (non-hydrogen) atoms. The molecule has 2 heterocycles. The summed E-state index contributed by atoms with van der Waals surface area (Å²) in [4.78, 5) is 16.7. The molecule has 0 unspecified atom stereocenters. The molecular formula is C14H19N3O3. The normalized spacial score (nSPS) is 14.7. The molecule has 6 nitrogen and oxygen atoms in total. The van der Waals surface area contributed by atoms with Crippen LogP contribution in [0.2, 0.25) is 0 Å². The number of aromatic amines is 1. The first-order valence-electron chi connectivity index (χ1n) is 6.57. The lowest BCUT2D eigenvalue weighted by Gasteiger charge is -2.30. The van der Waals surface area contributed by atoms with E-state index >= 15 is 0 Å². The zero-order chi connectivity index (χ0) is 14.9. The minimum Gasteiger partial charge on any atom is -0.444 e. The van der Waals surface area contributed by atoms with Crippen LogP contribution >= 0.6 is 0 Å². The smallest absolute Gasteiger partial charge is 0.410 e. The molecule has 2 N–H and O–H groups in total. The molecule has 0 aromatic carbocycles. The topological polar surface area (TPSA) is 89.3 Å². The number of nitrogens with one attached hydrogen (secondary N) is 1. The molecule has 1 aromatic rings. The number of aliphatic hydroxyl groups excluding tert-OH is 1. The van der Waals surface area contributed by atoms with E-state index in [1.54, 1.807) is 4.90 Å². The number of hydrogen-bond acceptors (Lipinski definition) is 4. The first kappa shape index (κ1) is 14.4. The summed E-state index contributed by atoms with van der Waals surface area (Å²) in [6.45, 7) is 6.13. The second kappa shape index (κ2) is 5.17. The van der Waals surface area contributed by atoms with E-state index in [9.17, 15) is 15.2 Å². The highest BCUT2D eigenvalue weighted by atomic mass is 16.6. The van der Waals surface area contributed by atoms with Crippen LogP contribution in [-0.4, -0.2) is 33.2 Å². The molecule has 0 radical (unpaired) electrons. The summed E-state index contributed by atoms with van der Waals surface area (Å²) < 4.78 is 5.34. The Labute approximate surface area is 118 Å². The molecule has 0 saturated heterocycles. The maximum Gasteiger partial charge on any atom is 0.410 e. The van der Waals surface area contributed by atoms with Crippen molar-refractivity contribution in [3.8, 4) is 6.07 Å². The molecule has 0 saturated carbocycles. The standard InChI is InChI=1S/C14H19N3O3/c1-14(2,3)20-13(19)17-5-4-11-10(7-17)9(6-15)12(8-18)16-11/h16,18H,4-5,7-8H2,1-3H3. The van der Waals surface area contributed by atoms with Crippen LogP contribution in [0.25, 0.3) is 0 Å². The van der Waals surface area contributed by atoms with Crippen LogP contribution in [0, 0.1) is 11.3 Å². The Morgan fingerprint density at radius 1 is 1.55 bits per heavy atom. The van der Waals surface area contributed by atoms with Gasteiger partial charge >= 0.3 is 6.09 Å². The van der Waals surface area contributed by atoms with Gasteiger partial charge in [0.1, 0.15) is 11.7 Å². The van der Waals surface area contributed by atoms with Crippen molar-refractivity contribution in [2.45, 2.75) is 45.9 Å². The number of ether oxygens (including phenoxy) is 1. The largest absolute Gasteiger partial charge is 0.444 e. The minimum absolute atomic E-state index is 0.206. The van der Waals surface area contributed by atoms with Gasteiger partial charge in [0.15, 0.2) is 0 Å². The predicted molar refractivity (Wildman–Crippen MR) is 71.8 cm³/mol. The number of carbonyl (C=O) groups excluding carboxylic acids is 1. The Hall–Kier alpha value is -2.00. The number of hydrogen-bond donors (Lipinski definition) is 2. The van der Waals surface area contributed by atoms with Crippen LogP contribution in [0.3, 0.4) is 0 Å². The number of fused-ring (bicyclic) bond motifs is 1. The van der Waals surface area contributed by atoms with Gasteiger partial charge in [-0.15, -0.1) is 0 Å². The first-order valence-corrected chi connectivity index (χ1v) is 6.57. The molecule has 0 bridgehead atoms. The van der Waals surface area contributed by atoms with Gasteiger partial charge in [-0.1, -0.05) is 0 Å². The van der Waals surface area contributed by atoms with Crippen LogP contribution in [-0.2, 0) is 24.3 Å². The second-order valence-corrected chi connectivity index (χ2v) is 5.86. The van der Waals surface area contributed by atoms with Crippen LogP contribution in [0.15, 0.2) is 0 Å². The Balaban J connectivity index is 2.21. The lowest BCUT2D eigenvalue weighted by Crippen LogP contribution is -2.39. The van der Waals surface area contributed by atoms with Gasteiger partial charge in [-0.3, -0.25) is 0 Å². The molecule has 1 amide bonds. The molecule has 1 aromatic heterocycles. The molecule has 1 aliphatic heterocycles. The fraction of sp³-hybridized carbons (Fsp3) is 0.571. The van der Waals surface area contributed by atoms with E-state index < -0.39 is 5.60 Å². The van der Waals surface area contributed by atoms with Crippen LogP contribution in [0.1, 0.15) is 43.3 Å². The molecule has 0 atom stereocenters. The first-order chi connectivity index (χ1) is 9.35. The van der Waals surface area contributed by atoms with Gasteiger partial charge in [-0.2, -0.15) is 5.26 Å². The maximum atomic E-state index is 12.1. The van der Waals surface area contributed by atoms with E-state index in [2.05, 4.69) is 11.1 Å². The molecule has 6 heteroatoms. The fourth-order valence-electron chi connectivity index (χ4n) is 2.29. The van der Waals surface area contributed by atoms with E-state index in [4.69, 9.17) is 4.74 Å². The predicted octanol–water partition coefficient (Wildman–Crippen LogP) is 1.67. The molecule has 2 rings (SSSR count). The Bertz CT molecular complexity index is 563. The van der Waals surface area contributed by atoms with E-state index in [1.807, 2.05) is 20.8 Å². The van der Waals surface area contributed by atoms with Crippen LogP contribution in [0.4, 0.5) is 4.79 Å². The molecular weight excluding hydrogens is 258 g/mol. The van der Waals surface area contributed by atoms with Crippen molar-refractivity contribution in [3.05, 3.63) is 22.5 Å². The maximum absolute atomic E-state index is 12.1. The second-order valence-electron chi connectivity index (χ2n) is 5.86. The molecule has 108 valence electrons. The third-order valence-electron chi connectivity index (χ3n) is 3.17. The average Bonchev–Trinajstić information content (AvgIpc) is 2.73. The Kier molecular flexibility index (Phi) is 3.73. The van der Waals surface area contributed by atoms with Crippen LogP contribution < -0.4 is 0 Å². The number of aromatic nitrogens is 1. The van der Waals surface area contributed by atoms with E-state index in [1.165, 1.54) is 0 Å². The summed E-state index contributed by atoms with van der Waals surface area (Å²) in [5, 5.41) is 18.4. The summed E-state index contributed by atoms with van der Waals surface area (Å²) in [6.07, 6.45) is 0.252. The monoisotopic (exact) mass is 277 g/mol. The van der Waals surface area contributed by atoms with Crippen molar-refractivity contribution in [2.75, 3.05) is 6.54 Å². The van der Waals surface area contributed by atoms with Gasteiger partial charge in [0.2, 0.25) is 0 Å². The highest BCUT2D eigenvalue weighted by Gasteiger charge is 2.29. The number of nitrogens with zero attached hydrogens (tertiary/aromatic N) is 2. The lowest BCUT2D eigenvalue weighted by atomic mass is 10.0. The van der Waals surface area contributed by atoms with Crippen molar-refractivity contribution >= 4 is 6.09 Å². The average molecular weight is 277 g/mol. The van der Waals surface area contributed by atoms with Gasteiger partial charge in [-0.25, -0.2) is 4.79 Å². The summed E-state index contributed by atoms with van der Waals surface area (Å²) in [7, 11) is 0. The highest BCUT2D eigenvalue weighted by molar-refractivity contribution is 5.69. The number of H-pyrrole nitrogens is 1. The molecule has 1 aliphatic rings. The summed E-state index contributed by atoms with van der Waals surface area (Å²) in [5.41, 5.74) is 2.13. The van der Waals surface area contributed by atoms with Gasteiger partial charge in [0, 0.05) is 24.2 Å². The summed E-state index contributed by atoms with van der Waals surface area (Å²) in [6, 6.07) is 2.09. The number of nitriles is 1. The number of carbonyl (C=O) groups is 1. The minimum atomic E-state index is -0.538. The fourth-order valence-corrected chi connectivity index (χ4v) is 2.29. The Morgan fingerprint density at radius 3 is 2.80 bits per heavy atom. The van der Waals surface area contributed by atoms with Gasteiger partial charge in [0.05, 0.1) is 24.4 Å². The Morgan fingerprint density at radius 2 is 2.25 bits per heavy atom. The van der Waals surface area contributed by atoms with Crippen molar-refractivity contribution < 1.29 is 14.6 Å². The molecule has 0 spiro atoms. The quantitative estimate of drug-likeness (QED) is 0.817. The number of amides is 1. The molecule has 0 fully saturated rings. The number of rotatable bonds is 1. The zero-order valence-corrected chi connectivity index (χ0v) is 12.0. The van der Waals surface area contributed by atoms with Crippen molar-refractivity contribution in [3.63, 3.8) is 0 Å². The molecule has 0 aliphatic carbocycles. The SMILES string of the molecule is CC(C)(C)OC(=O)N1CCc2[nH]c(CO)c(C#N)c2C1. The van der Waals surface area contributed by atoms with Crippen molar-refractivity contribution in [1.29, 1.82) is 5.26 Å². The van der Waals surface area contributed by atoms with Crippen molar-refractivity contribution in [2.24, 2.45) is 0 Å². The van der Waals surface area contributed by atoms with E-state index in [-0.39, 0.29) is 12.7 Å². The van der Waals surface area contributed by atoms with Crippen LogP contribution in [0.5, 0.6) is 0 Å². The summed E-state index contributed by atoms with van der Waals surface area (Å²) in [5.74, 6) is 0. The van der Waals surface area contributed by atoms with Gasteiger partial charge in [-0.05, 0) is 20.8 Å². The van der Waals surface area contributed by atoms with Crippen molar-refractivity contribution in [1.82, 2.24) is 9.88 Å². The lowest BCUT2D eigenvalue weighted by molar-refractivity contribution is 0.0223. The number of aliphatic hydroxyl groups is 1. The van der Waals surface area contributed by atoms with E-state index in [0.717, 1.165) is 11.3 Å². The third-order valence-corrected chi connectivity index (χ3v) is 3.17. The van der Waals surface area contributed by atoms with Gasteiger partial charge in [0.25, 0.3) is 0 Å². The summed E-state index contributed by atoms with van der Waals surface area (Å²) >= 11 is 0. The zero-order valence-electron chi connectivity index (χ0n) is 12.0. The highest BCUT2D eigenvalue weighted by Crippen LogP contribution is 2.26. The van der Waals surface area contributed by atoms with E-state index in [0.29, 0.717) is 30.8 Å². The van der Waals surface area contributed by atoms with Gasteiger partial charge < -0.3 is 19.7 Å². The third kappa shape index (κ3) is 2.78.